The van der Waals surface area contributed by atoms with E-state index in [9.17, 15) is 18.0 Å². The molecule has 0 bridgehead atoms. The monoisotopic (exact) mass is 524 g/mol. The van der Waals surface area contributed by atoms with Crippen LogP contribution in [0.15, 0.2) is 59.5 Å². The molecule has 10 nitrogen and oxygen atoms in total. The highest BCUT2D eigenvalue weighted by Crippen LogP contribution is 2.24. The van der Waals surface area contributed by atoms with Gasteiger partial charge >= 0.3 is 6.03 Å². The molecule has 1 fully saturated rings. The Morgan fingerprint density at radius 2 is 1.84 bits per heavy atom. The number of anilines is 2. The molecule has 4 rings (SSSR count). The Morgan fingerprint density at radius 3 is 2.57 bits per heavy atom. The van der Waals surface area contributed by atoms with E-state index in [1.54, 1.807) is 19.2 Å². The van der Waals surface area contributed by atoms with Crippen molar-refractivity contribution in [2.75, 3.05) is 43.9 Å². The van der Waals surface area contributed by atoms with Gasteiger partial charge in [-0.2, -0.15) is 4.31 Å². The van der Waals surface area contributed by atoms with Crippen LogP contribution in [0.1, 0.15) is 19.0 Å². The summed E-state index contributed by atoms with van der Waals surface area (Å²) >= 11 is 0. The molecule has 1 aromatic heterocycles. The predicted octanol–water partition coefficient (Wildman–Crippen LogP) is 3.02. The van der Waals surface area contributed by atoms with Crippen LogP contribution in [0.5, 0.6) is 0 Å². The van der Waals surface area contributed by atoms with Crippen LogP contribution >= 0.6 is 0 Å². The topological polar surface area (TPSA) is 124 Å². The molecule has 11 heteroatoms. The lowest BCUT2D eigenvalue weighted by atomic mass is 10.1. The molecule has 1 aliphatic heterocycles. The summed E-state index contributed by atoms with van der Waals surface area (Å²) < 4.78 is 27.6. The summed E-state index contributed by atoms with van der Waals surface area (Å²) in [6.45, 7) is 5.65. The number of urea groups is 1. The van der Waals surface area contributed by atoms with E-state index in [0.717, 1.165) is 23.1 Å². The Kier molecular flexibility index (Phi) is 8.06. The van der Waals surface area contributed by atoms with Crippen molar-refractivity contribution < 1.29 is 18.0 Å². The maximum atomic E-state index is 13.1. The summed E-state index contributed by atoms with van der Waals surface area (Å²) in [4.78, 5) is 30.5. The highest BCUT2D eigenvalue weighted by atomic mass is 32.2. The molecule has 3 N–H and O–H groups in total. The van der Waals surface area contributed by atoms with Crippen LogP contribution in [0, 0.1) is 6.92 Å². The van der Waals surface area contributed by atoms with E-state index in [1.165, 1.54) is 23.4 Å². The van der Waals surface area contributed by atoms with Gasteiger partial charge in [0.2, 0.25) is 15.9 Å². The van der Waals surface area contributed by atoms with Crippen molar-refractivity contribution in [1.29, 1.82) is 0 Å². The lowest BCUT2D eigenvalue weighted by Crippen LogP contribution is -2.40. The summed E-state index contributed by atoms with van der Waals surface area (Å²) in [5.41, 5.74) is 2.90. The second kappa shape index (κ2) is 11.2. The average Bonchev–Trinajstić information content (AvgIpc) is 3.32. The maximum Gasteiger partial charge on any atom is 0.319 e. The fourth-order valence-electron chi connectivity index (χ4n) is 4.49. The van der Waals surface area contributed by atoms with Gasteiger partial charge in [-0.3, -0.25) is 14.7 Å². The number of nitrogens with zero attached hydrogens (tertiary/aromatic N) is 3. The molecule has 0 saturated carbocycles. The first-order valence-electron chi connectivity index (χ1n) is 12.1. The number of likely N-dealkylation sites (tertiary alicyclic amines) is 1. The molecule has 1 atom stereocenters. The number of benzene rings is 2. The third kappa shape index (κ3) is 6.43. The Balaban J connectivity index is 1.27. The van der Waals surface area contributed by atoms with E-state index < -0.39 is 10.0 Å². The molecule has 2 aromatic carbocycles. The van der Waals surface area contributed by atoms with Crippen molar-refractivity contribution in [1.82, 2.24) is 19.5 Å². The molecule has 1 saturated heterocycles. The van der Waals surface area contributed by atoms with Crippen molar-refractivity contribution >= 4 is 44.2 Å². The van der Waals surface area contributed by atoms with E-state index in [1.807, 2.05) is 37.3 Å². The number of carbonyl (C=O) groups excluding carboxylic acids is 2. The molecule has 196 valence electrons. The SMILES string of the molecule is CC(=O)Nc1ccc(S(=O)(=O)N(C)C2CCN(CCNC(=O)Nc3cc(C)nc4ccccc34)C2)cc1. The average molecular weight is 525 g/mol. The van der Waals surface area contributed by atoms with Crippen molar-refractivity contribution in [2.24, 2.45) is 0 Å². The second-order valence-corrected chi connectivity index (χ2v) is 11.2. The Hall–Kier alpha value is -3.54. The Bertz CT molecular complexity index is 1390. The van der Waals surface area contributed by atoms with Crippen molar-refractivity contribution in [2.45, 2.75) is 31.2 Å². The highest BCUT2D eigenvalue weighted by Gasteiger charge is 2.33. The summed E-state index contributed by atoms with van der Waals surface area (Å²) in [6.07, 6.45) is 0.703. The number of sulfonamides is 1. The smallest absolute Gasteiger partial charge is 0.319 e. The number of aryl methyl sites for hydroxylation is 1. The number of aromatic nitrogens is 1. The van der Waals surface area contributed by atoms with Crippen LogP contribution in [0.2, 0.25) is 0 Å². The van der Waals surface area contributed by atoms with Gasteiger partial charge in [-0.15, -0.1) is 0 Å². The number of hydrogen-bond donors (Lipinski definition) is 3. The zero-order valence-electron chi connectivity index (χ0n) is 21.2. The van der Waals surface area contributed by atoms with Gasteiger partial charge in [-0.05, 0) is 56.3 Å². The van der Waals surface area contributed by atoms with Gasteiger partial charge in [0.15, 0.2) is 0 Å². The molecule has 1 unspecified atom stereocenters. The highest BCUT2D eigenvalue weighted by molar-refractivity contribution is 7.89. The molecule has 3 aromatic rings. The normalized spacial score (nSPS) is 16.2. The van der Waals surface area contributed by atoms with Crippen LogP contribution in [0.3, 0.4) is 0 Å². The van der Waals surface area contributed by atoms with Crippen LogP contribution < -0.4 is 16.0 Å². The molecular weight excluding hydrogens is 492 g/mol. The number of hydrogen-bond acceptors (Lipinski definition) is 6. The van der Waals surface area contributed by atoms with Crippen LogP contribution in [0.25, 0.3) is 10.9 Å². The van der Waals surface area contributed by atoms with Crippen LogP contribution in [-0.4, -0.2) is 73.8 Å². The molecule has 2 heterocycles. The lowest BCUT2D eigenvalue weighted by Gasteiger charge is -2.24. The lowest BCUT2D eigenvalue weighted by molar-refractivity contribution is -0.114. The number of amides is 3. The van der Waals surface area contributed by atoms with Crippen LogP contribution in [0.4, 0.5) is 16.2 Å². The molecule has 1 aliphatic rings. The maximum absolute atomic E-state index is 13.1. The number of rotatable bonds is 8. The number of para-hydroxylation sites is 1. The first-order valence-corrected chi connectivity index (χ1v) is 13.6. The van der Waals surface area contributed by atoms with Gasteiger partial charge in [0, 0.05) is 56.4 Å². The predicted molar refractivity (Wildman–Crippen MR) is 144 cm³/mol. The van der Waals surface area contributed by atoms with Gasteiger partial charge in [0.05, 0.1) is 16.1 Å². The Labute approximate surface area is 217 Å². The summed E-state index contributed by atoms with van der Waals surface area (Å²) in [5.74, 6) is -0.216. The second-order valence-electron chi connectivity index (χ2n) is 9.18. The standard InChI is InChI=1S/C26H32N6O4S/c1-18-16-25(23-6-4-5-7-24(23)28-18)30-26(34)27-13-15-32-14-12-21(17-32)31(3)37(35,36)22-10-8-20(9-11-22)29-19(2)33/h4-11,16,21H,12-15,17H2,1-3H3,(H,29,33)(H2,27,28,30,34). The molecule has 0 spiro atoms. The third-order valence-corrected chi connectivity index (χ3v) is 8.34. The quantitative estimate of drug-likeness (QED) is 0.416. The van der Waals surface area contributed by atoms with Crippen LogP contribution in [-0.2, 0) is 14.8 Å². The zero-order chi connectivity index (χ0) is 26.6. The first kappa shape index (κ1) is 26.5. The van der Waals surface area contributed by atoms with E-state index in [2.05, 4.69) is 25.8 Å². The molecule has 0 aliphatic carbocycles. The summed E-state index contributed by atoms with van der Waals surface area (Å²) in [6, 6.07) is 15.2. The number of likely N-dealkylation sites (N-methyl/N-ethyl adjacent to an activating group) is 1. The number of fused-ring (bicyclic) bond motifs is 1. The van der Waals surface area contributed by atoms with Gasteiger partial charge in [0.1, 0.15) is 0 Å². The molecular formula is C26H32N6O4S. The van der Waals surface area contributed by atoms with E-state index in [0.29, 0.717) is 37.4 Å². The van der Waals surface area contributed by atoms with E-state index in [-0.39, 0.29) is 22.9 Å². The van der Waals surface area contributed by atoms with Gasteiger partial charge in [0.25, 0.3) is 0 Å². The summed E-state index contributed by atoms with van der Waals surface area (Å²) in [7, 11) is -2.08. The van der Waals surface area contributed by atoms with Crippen molar-refractivity contribution in [3.8, 4) is 0 Å². The molecule has 37 heavy (non-hydrogen) atoms. The minimum atomic E-state index is -3.67. The third-order valence-electron chi connectivity index (χ3n) is 6.42. The van der Waals surface area contributed by atoms with Crippen molar-refractivity contribution in [3.63, 3.8) is 0 Å². The van der Waals surface area contributed by atoms with Crippen molar-refractivity contribution in [3.05, 3.63) is 60.3 Å². The molecule has 3 amide bonds. The minimum Gasteiger partial charge on any atom is -0.337 e. The largest absolute Gasteiger partial charge is 0.337 e. The zero-order valence-corrected chi connectivity index (χ0v) is 22.0. The van der Waals surface area contributed by atoms with Gasteiger partial charge < -0.3 is 16.0 Å². The summed E-state index contributed by atoms with van der Waals surface area (Å²) in [5, 5.41) is 9.31. The van der Waals surface area contributed by atoms with E-state index in [4.69, 9.17) is 0 Å². The molecule has 0 radical (unpaired) electrons. The minimum absolute atomic E-state index is 0.167. The number of nitrogens with one attached hydrogen (secondary N) is 3. The number of carbonyl (C=O) groups is 2. The van der Waals surface area contributed by atoms with Gasteiger partial charge in [-0.25, -0.2) is 13.2 Å². The fraction of sp³-hybridized carbons (Fsp3) is 0.346. The van der Waals surface area contributed by atoms with E-state index >= 15 is 0 Å². The Morgan fingerprint density at radius 1 is 1.11 bits per heavy atom. The first-order chi connectivity index (χ1) is 17.6. The number of pyridine rings is 1. The van der Waals surface area contributed by atoms with Gasteiger partial charge in [-0.1, -0.05) is 18.2 Å². The fourth-order valence-corrected chi connectivity index (χ4v) is 5.87.